The Morgan fingerprint density at radius 2 is 1.79 bits per heavy atom. The second kappa shape index (κ2) is 6.23. The third kappa shape index (κ3) is 3.48. The fourth-order valence-corrected chi connectivity index (χ4v) is 3.36. The largest absolute Gasteiger partial charge is 0.343 e. The number of hydrogen-bond acceptors (Lipinski definition) is 3. The molecular formula is C15H29N3O. The van der Waals surface area contributed by atoms with Gasteiger partial charge < -0.3 is 15.1 Å². The number of likely N-dealkylation sites (N-methyl/N-ethyl adjacent to an activating group) is 2. The van der Waals surface area contributed by atoms with E-state index < -0.39 is 0 Å². The summed E-state index contributed by atoms with van der Waals surface area (Å²) in [5.74, 6) is 0.236. The molecule has 0 saturated heterocycles. The van der Waals surface area contributed by atoms with Crippen molar-refractivity contribution in [3.8, 4) is 0 Å². The van der Waals surface area contributed by atoms with Gasteiger partial charge in [0.1, 0.15) is 0 Å². The number of rotatable bonds is 6. The lowest BCUT2D eigenvalue weighted by Crippen LogP contribution is -2.58. The Hall–Kier alpha value is -0.610. The van der Waals surface area contributed by atoms with Gasteiger partial charge in [-0.25, -0.2) is 0 Å². The molecule has 0 unspecified atom stereocenters. The molecule has 0 bridgehead atoms. The van der Waals surface area contributed by atoms with Gasteiger partial charge >= 0.3 is 0 Å². The number of carbonyl (C=O) groups is 1. The van der Waals surface area contributed by atoms with E-state index in [0.29, 0.717) is 12.6 Å². The summed E-state index contributed by atoms with van der Waals surface area (Å²) in [5.41, 5.74) is 0.234. The van der Waals surface area contributed by atoms with Crippen LogP contribution >= 0.6 is 0 Å². The van der Waals surface area contributed by atoms with Crippen molar-refractivity contribution in [2.24, 2.45) is 0 Å². The highest BCUT2D eigenvalue weighted by atomic mass is 16.2. The standard InChI is InChI=1S/C15H29N3O/c1-17(2)15(9-6-10-15)12-18(3)14(19)11-16-13-7-4-5-8-13/h13,16H,4-12H2,1-3H3. The van der Waals surface area contributed by atoms with Gasteiger partial charge in [-0.05, 0) is 46.2 Å². The number of nitrogens with one attached hydrogen (secondary N) is 1. The van der Waals surface area contributed by atoms with Gasteiger partial charge in [-0.15, -0.1) is 0 Å². The molecule has 0 aromatic rings. The monoisotopic (exact) mass is 267 g/mol. The molecule has 2 aliphatic rings. The zero-order chi connectivity index (χ0) is 13.9. The molecule has 2 aliphatic carbocycles. The first-order valence-corrected chi connectivity index (χ1v) is 7.68. The lowest BCUT2D eigenvalue weighted by atomic mass is 9.75. The fourth-order valence-electron chi connectivity index (χ4n) is 3.36. The van der Waals surface area contributed by atoms with Crippen molar-refractivity contribution in [3.63, 3.8) is 0 Å². The van der Waals surface area contributed by atoms with Gasteiger partial charge in [-0.1, -0.05) is 12.8 Å². The van der Waals surface area contributed by atoms with Gasteiger partial charge in [0.2, 0.25) is 5.91 Å². The van der Waals surface area contributed by atoms with E-state index in [2.05, 4.69) is 24.3 Å². The highest BCUT2D eigenvalue weighted by Gasteiger charge is 2.40. The predicted molar refractivity (Wildman–Crippen MR) is 78.2 cm³/mol. The molecule has 110 valence electrons. The van der Waals surface area contributed by atoms with Crippen molar-refractivity contribution in [2.75, 3.05) is 34.2 Å². The molecule has 2 fully saturated rings. The zero-order valence-electron chi connectivity index (χ0n) is 12.7. The SMILES string of the molecule is CN(CC1(N(C)C)CCC1)C(=O)CNC1CCCC1. The average Bonchev–Trinajstić information content (AvgIpc) is 2.82. The normalized spacial score (nSPS) is 22.5. The van der Waals surface area contributed by atoms with Crippen LogP contribution < -0.4 is 5.32 Å². The van der Waals surface area contributed by atoms with Crippen molar-refractivity contribution in [2.45, 2.75) is 56.5 Å². The molecule has 1 amide bonds. The van der Waals surface area contributed by atoms with Crippen LogP contribution in [0, 0.1) is 0 Å². The second-order valence-corrected chi connectivity index (χ2v) is 6.58. The van der Waals surface area contributed by atoms with Crippen molar-refractivity contribution in [1.82, 2.24) is 15.1 Å². The maximum absolute atomic E-state index is 12.2. The molecule has 2 saturated carbocycles. The molecule has 19 heavy (non-hydrogen) atoms. The first kappa shape index (κ1) is 14.8. The van der Waals surface area contributed by atoms with Crippen molar-refractivity contribution >= 4 is 5.91 Å². The predicted octanol–water partition coefficient (Wildman–Crippen LogP) is 1.46. The summed E-state index contributed by atoms with van der Waals surface area (Å²) in [5, 5.41) is 3.41. The maximum atomic E-state index is 12.2. The van der Waals surface area contributed by atoms with E-state index in [1.165, 1.54) is 44.9 Å². The lowest BCUT2D eigenvalue weighted by Gasteiger charge is -2.49. The lowest BCUT2D eigenvalue weighted by molar-refractivity contribution is -0.131. The number of nitrogens with zero attached hydrogens (tertiary/aromatic N) is 2. The van der Waals surface area contributed by atoms with E-state index in [-0.39, 0.29) is 11.4 Å². The van der Waals surface area contributed by atoms with E-state index in [9.17, 15) is 4.79 Å². The van der Waals surface area contributed by atoms with Crippen LogP contribution in [0.1, 0.15) is 44.9 Å². The molecule has 0 aromatic carbocycles. The van der Waals surface area contributed by atoms with Crippen LogP contribution in [0.2, 0.25) is 0 Å². The van der Waals surface area contributed by atoms with Gasteiger partial charge in [-0.2, -0.15) is 0 Å². The summed E-state index contributed by atoms with van der Waals surface area (Å²) < 4.78 is 0. The first-order valence-electron chi connectivity index (χ1n) is 7.68. The molecule has 2 rings (SSSR count). The van der Waals surface area contributed by atoms with Crippen molar-refractivity contribution in [1.29, 1.82) is 0 Å². The molecular weight excluding hydrogens is 238 g/mol. The summed E-state index contributed by atoms with van der Waals surface area (Å²) in [7, 11) is 6.21. The Balaban J connectivity index is 1.75. The van der Waals surface area contributed by atoms with Crippen molar-refractivity contribution in [3.05, 3.63) is 0 Å². The van der Waals surface area contributed by atoms with E-state index in [0.717, 1.165) is 6.54 Å². The highest BCUT2D eigenvalue weighted by Crippen LogP contribution is 2.36. The molecule has 0 heterocycles. The van der Waals surface area contributed by atoms with Gasteiger partial charge in [0, 0.05) is 25.2 Å². The van der Waals surface area contributed by atoms with Gasteiger partial charge in [0.15, 0.2) is 0 Å². The summed E-state index contributed by atoms with van der Waals surface area (Å²) in [4.78, 5) is 16.4. The van der Waals surface area contributed by atoms with E-state index in [1.54, 1.807) is 0 Å². The van der Waals surface area contributed by atoms with Crippen LogP contribution in [-0.4, -0.2) is 61.5 Å². The Labute approximate surface area is 117 Å². The van der Waals surface area contributed by atoms with Crippen LogP contribution in [0.5, 0.6) is 0 Å². The quantitative estimate of drug-likeness (QED) is 0.791. The third-order valence-electron chi connectivity index (χ3n) is 5.09. The van der Waals surface area contributed by atoms with E-state index >= 15 is 0 Å². The fraction of sp³-hybridized carbons (Fsp3) is 0.933. The molecule has 1 N–H and O–H groups in total. The van der Waals surface area contributed by atoms with Crippen LogP contribution in [0.25, 0.3) is 0 Å². The molecule has 0 radical (unpaired) electrons. The number of hydrogen-bond donors (Lipinski definition) is 1. The summed E-state index contributed by atoms with van der Waals surface area (Å²) in [6.07, 6.45) is 8.82. The summed E-state index contributed by atoms with van der Waals surface area (Å²) in [6, 6.07) is 0.573. The zero-order valence-corrected chi connectivity index (χ0v) is 12.7. The molecule has 0 aromatic heterocycles. The number of carbonyl (C=O) groups excluding carboxylic acids is 1. The van der Waals surface area contributed by atoms with Gasteiger partial charge in [0.25, 0.3) is 0 Å². The maximum Gasteiger partial charge on any atom is 0.236 e. The Bertz CT molecular complexity index is 307. The smallest absolute Gasteiger partial charge is 0.236 e. The Morgan fingerprint density at radius 3 is 2.26 bits per heavy atom. The van der Waals surface area contributed by atoms with Crippen LogP contribution in [0.15, 0.2) is 0 Å². The Morgan fingerprint density at radius 1 is 1.16 bits per heavy atom. The highest BCUT2D eigenvalue weighted by molar-refractivity contribution is 5.78. The first-order chi connectivity index (χ1) is 9.03. The van der Waals surface area contributed by atoms with E-state index in [4.69, 9.17) is 0 Å². The topological polar surface area (TPSA) is 35.6 Å². The summed E-state index contributed by atoms with van der Waals surface area (Å²) >= 11 is 0. The van der Waals surface area contributed by atoms with Crippen LogP contribution in [0.3, 0.4) is 0 Å². The van der Waals surface area contributed by atoms with Gasteiger partial charge in [-0.3, -0.25) is 4.79 Å². The summed E-state index contributed by atoms with van der Waals surface area (Å²) in [6.45, 7) is 1.37. The molecule has 4 heteroatoms. The van der Waals surface area contributed by atoms with E-state index in [1.807, 2.05) is 11.9 Å². The van der Waals surface area contributed by atoms with Crippen molar-refractivity contribution < 1.29 is 4.79 Å². The molecule has 0 spiro atoms. The molecule has 0 aliphatic heterocycles. The average molecular weight is 267 g/mol. The minimum absolute atomic E-state index is 0.234. The molecule has 4 nitrogen and oxygen atoms in total. The minimum atomic E-state index is 0.234. The Kier molecular flexibility index (Phi) is 4.85. The van der Waals surface area contributed by atoms with Crippen LogP contribution in [-0.2, 0) is 4.79 Å². The minimum Gasteiger partial charge on any atom is -0.343 e. The second-order valence-electron chi connectivity index (χ2n) is 6.58. The third-order valence-corrected chi connectivity index (χ3v) is 5.09. The van der Waals surface area contributed by atoms with Crippen LogP contribution in [0.4, 0.5) is 0 Å². The number of amides is 1. The molecule has 0 atom stereocenters. The van der Waals surface area contributed by atoms with Gasteiger partial charge in [0.05, 0.1) is 6.54 Å².